The van der Waals surface area contributed by atoms with Crippen LogP contribution in [0.15, 0.2) is 30.9 Å². The van der Waals surface area contributed by atoms with Gasteiger partial charge in [-0.15, -0.1) is 0 Å². The van der Waals surface area contributed by atoms with Crippen molar-refractivity contribution in [2.45, 2.75) is 36.2 Å². The number of hydrogen-bond acceptors (Lipinski definition) is 6. The second-order valence-electron chi connectivity index (χ2n) is 5.94. The fourth-order valence-electron chi connectivity index (χ4n) is 2.27. The molecule has 0 amide bonds. The van der Waals surface area contributed by atoms with E-state index in [4.69, 9.17) is 9.47 Å². The van der Waals surface area contributed by atoms with E-state index >= 15 is 0 Å². The summed E-state index contributed by atoms with van der Waals surface area (Å²) in [4.78, 5) is 24.2. The minimum atomic E-state index is -4.38. The Kier molecular flexibility index (Phi) is 9.15. The summed E-state index contributed by atoms with van der Waals surface area (Å²) in [5.41, 5.74) is -0.0267. The molecule has 150 valence electrons. The molecule has 0 aliphatic carbocycles. The molecule has 7 nitrogen and oxygen atoms in total. The number of alkyl halides is 1. The Hall–Kier alpha value is -0.730. The van der Waals surface area contributed by atoms with Crippen molar-refractivity contribution in [3.05, 3.63) is 40.0 Å². The number of carbonyl (C=O) groups is 2. The van der Waals surface area contributed by atoms with Crippen molar-refractivity contribution in [3.63, 3.8) is 0 Å². The van der Waals surface area contributed by atoms with Crippen LogP contribution in [0.4, 0.5) is 0 Å². The van der Waals surface area contributed by atoms with Crippen molar-refractivity contribution >= 4 is 67.2 Å². The third-order valence-corrected chi connectivity index (χ3v) is 6.19. The molecule has 0 heterocycles. The minimum absolute atomic E-state index is 0.0263. The van der Waals surface area contributed by atoms with Gasteiger partial charge in [0, 0.05) is 9.65 Å². The molecule has 1 aromatic rings. The number of carbonyl (C=O) groups excluding carboxylic acids is 2. The van der Waals surface area contributed by atoms with Crippen LogP contribution in [0.3, 0.4) is 0 Å². The summed E-state index contributed by atoms with van der Waals surface area (Å²) in [5.74, 6) is -2.36. The normalized spacial score (nSPS) is 14.7. The highest BCUT2D eigenvalue weighted by Crippen LogP contribution is 2.33. The predicted molar refractivity (Wildman–Crippen MR) is 118 cm³/mol. The number of halogens is 2. The maximum Gasteiger partial charge on any atom is 0.342 e. The van der Waals surface area contributed by atoms with Gasteiger partial charge in [0.1, 0.15) is 23.2 Å². The molecular formula is C17H20I2O7S. The predicted octanol–water partition coefficient (Wildman–Crippen LogP) is 3.79. The first-order chi connectivity index (χ1) is 12.4. The van der Waals surface area contributed by atoms with Gasteiger partial charge in [-0.2, -0.15) is 8.42 Å². The molecule has 0 saturated heterocycles. The van der Waals surface area contributed by atoms with Crippen LogP contribution in [-0.4, -0.2) is 40.2 Å². The standard InChI is InChI=1S/C17H20I2O7S/c1-4-8-17(3,19)14(10-27(22,23)24)26-16(21)12-9-11(18)6-7-13(12)25-15(20)5-2/h5-7,9,14H,2,4,8,10H2,1,3H3,(H,22,23,24). The monoisotopic (exact) mass is 622 g/mol. The van der Waals surface area contributed by atoms with E-state index in [1.54, 1.807) is 13.0 Å². The van der Waals surface area contributed by atoms with E-state index in [0.717, 1.165) is 12.5 Å². The van der Waals surface area contributed by atoms with Crippen LogP contribution < -0.4 is 4.74 Å². The first-order valence-corrected chi connectivity index (χ1v) is 11.6. The van der Waals surface area contributed by atoms with E-state index in [1.165, 1.54) is 12.1 Å². The molecule has 27 heavy (non-hydrogen) atoms. The number of hydrogen-bond donors (Lipinski definition) is 1. The molecule has 0 fully saturated rings. The van der Waals surface area contributed by atoms with Gasteiger partial charge in [-0.1, -0.05) is 42.5 Å². The molecule has 0 bridgehead atoms. The Balaban J connectivity index is 3.23. The molecule has 0 aliphatic rings. The summed E-state index contributed by atoms with van der Waals surface area (Å²) in [6.45, 7) is 6.96. The number of rotatable bonds is 9. The smallest absolute Gasteiger partial charge is 0.342 e. The fourth-order valence-corrected chi connectivity index (χ4v) is 4.76. The van der Waals surface area contributed by atoms with Crippen LogP contribution in [-0.2, 0) is 19.6 Å². The average Bonchev–Trinajstić information content (AvgIpc) is 2.54. The maximum absolute atomic E-state index is 12.7. The van der Waals surface area contributed by atoms with Gasteiger partial charge in [0.25, 0.3) is 10.1 Å². The van der Waals surface area contributed by atoms with Gasteiger partial charge in [0.05, 0.1) is 3.42 Å². The Morgan fingerprint density at radius 2 is 2.04 bits per heavy atom. The topological polar surface area (TPSA) is 107 Å². The van der Waals surface area contributed by atoms with Gasteiger partial charge >= 0.3 is 11.9 Å². The van der Waals surface area contributed by atoms with E-state index in [-0.39, 0.29) is 11.3 Å². The zero-order valence-corrected chi connectivity index (χ0v) is 19.9. The van der Waals surface area contributed by atoms with E-state index in [0.29, 0.717) is 9.99 Å². The zero-order valence-electron chi connectivity index (χ0n) is 14.8. The van der Waals surface area contributed by atoms with E-state index in [9.17, 15) is 22.6 Å². The quantitative estimate of drug-likeness (QED) is 0.112. The van der Waals surface area contributed by atoms with Crippen LogP contribution in [0.1, 0.15) is 37.0 Å². The number of benzene rings is 1. The molecule has 2 unspecified atom stereocenters. The molecule has 10 heteroatoms. The van der Waals surface area contributed by atoms with Crippen LogP contribution in [0.5, 0.6) is 5.75 Å². The summed E-state index contributed by atoms with van der Waals surface area (Å²) >= 11 is 4.00. The largest absolute Gasteiger partial charge is 0.456 e. The zero-order chi connectivity index (χ0) is 20.8. The Bertz CT molecular complexity index is 819. The van der Waals surface area contributed by atoms with Crippen LogP contribution in [0.2, 0.25) is 0 Å². The Morgan fingerprint density at radius 1 is 1.41 bits per heavy atom. The highest BCUT2D eigenvalue weighted by atomic mass is 127. The highest BCUT2D eigenvalue weighted by molar-refractivity contribution is 14.1. The molecule has 0 saturated carbocycles. The first-order valence-electron chi connectivity index (χ1n) is 7.88. The second-order valence-corrected chi connectivity index (χ2v) is 11.1. The third kappa shape index (κ3) is 8.03. The van der Waals surface area contributed by atoms with Gasteiger partial charge in [-0.3, -0.25) is 4.55 Å². The molecule has 0 aliphatic heterocycles. The second kappa shape index (κ2) is 10.2. The van der Waals surface area contributed by atoms with Gasteiger partial charge in [0.15, 0.2) is 0 Å². The summed E-state index contributed by atoms with van der Waals surface area (Å²) in [6.07, 6.45) is 1.15. The van der Waals surface area contributed by atoms with Crippen molar-refractivity contribution in [3.8, 4) is 5.75 Å². The molecule has 1 N–H and O–H groups in total. The van der Waals surface area contributed by atoms with E-state index in [1.807, 2.05) is 52.1 Å². The minimum Gasteiger partial charge on any atom is -0.456 e. The van der Waals surface area contributed by atoms with Gasteiger partial charge in [-0.05, 0) is 54.1 Å². The van der Waals surface area contributed by atoms with Crippen molar-refractivity contribution in [1.82, 2.24) is 0 Å². The lowest BCUT2D eigenvalue weighted by molar-refractivity contribution is -0.128. The van der Waals surface area contributed by atoms with Crippen molar-refractivity contribution in [2.75, 3.05) is 5.75 Å². The maximum atomic E-state index is 12.7. The molecule has 1 aromatic carbocycles. The van der Waals surface area contributed by atoms with E-state index in [2.05, 4.69) is 6.58 Å². The van der Waals surface area contributed by atoms with Crippen molar-refractivity contribution in [1.29, 1.82) is 0 Å². The number of esters is 2. The fraction of sp³-hybridized carbons (Fsp3) is 0.412. The van der Waals surface area contributed by atoms with Crippen LogP contribution >= 0.6 is 45.2 Å². The number of ether oxygens (including phenoxy) is 2. The average molecular weight is 622 g/mol. The lowest BCUT2D eigenvalue weighted by Gasteiger charge is -2.31. The summed E-state index contributed by atoms with van der Waals surface area (Å²) in [7, 11) is -4.38. The van der Waals surface area contributed by atoms with Gasteiger partial charge in [-0.25, -0.2) is 9.59 Å². The van der Waals surface area contributed by atoms with Crippen LogP contribution in [0.25, 0.3) is 0 Å². The molecule has 2 atom stereocenters. The Morgan fingerprint density at radius 3 is 2.56 bits per heavy atom. The van der Waals surface area contributed by atoms with Gasteiger partial charge < -0.3 is 9.47 Å². The van der Waals surface area contributed by atoms with E-state index < -0.39 is 37.3 Å². The lowest BCUT2D eigenvalue weighted by atomic mass is 10.00. The van der Waals surface area contributed by atoms with Crippen molar-refractivity contribution in [2.24, 2.45) is 0 Å². The summed E-state index contributed by atoms with van der Waals surface area (Å²) < 4.78 is 42.5. The summed E-state index contributed by atoms with van der Waals surface area (Å²) in [5, 5.41) is 0. The van der Waals surface area contributed by atoms with Gasteiger partial charge in [0.2, 0.25) is 0 Å². The SMILES string of the molecule is C=CC(=O)Oc1ccc(I)cc1C(=O)OC(CS(=O)(=O)O)C(C)(I)CCC. The summed E-state index contributed by atoms with van der Waals surface area (Å²) in [6, 6.07) is 4.54. The first kappa shape index (κ1) is 24.3. The van der Waals surface area contributed by atoms with Crippen LogP contribution in [0, 0.1) is 3.57 Å². The molecular weight excluding hydrogens is 602 g/mol. The molecule has 0 radical (unpaired) electrons. The molecule has 0 aromatic heterocycles. The third-order valence-electron chi connectivity index (χ3n) is 3.56. The molecule has 1 rings (SSSR count). The lowest BCUT2D eigenvalue weighted by Crippen LogP contribution is -2.42. The van der Waals surface area contributed by atoms with Crippen molar-refractivity contribution < 1.29 is 32.0 Å². The highest BCUT2D eigenvalue weighted by Gasteiger charge is 2.37. The molecule has 0 spiro atoms. The Labute approximate surface area is 185 Å².